The van der Waals surface area contributed by atoms with Crippen molar-refractivity contribution in [3.05, 3.63) is 53.1 Å². The van der Waals surface area contributed by atoms with Gasteiger partial charge in [-0.3, -0.25) is 0 Å². The largest absolute Gasteiger partial charge is 0.504 e. The van der Waals surface area contributed by atoms with Crippen molar-refractivity contribution >= 4 is 11.6 Å². The molecule has 0 fully saturated rings. The number of para-hydroxylation sites is 2. The van der Waals surface area contributed by atoms with Crippen LogP contribution in [0.25, 0.3) is 0 Å². The van der Waals surface area contributed by atoms with Crippen molar-refractivity contribution in [3.8, 4) is 17.2 Å². The SMILES string of the molecule is Oc1ccccc1Oc1ccc(C(F)(F)F)cc1Cl. The molecule has 0 unspecified atom stereocenters. The van der Waals surface area contributed by atoms with E-state index >= 15 is 0 Å². The van der Waals surface area contributed by atoms with Gasteiger partial charge in [0.1, 0.15) is 5.75 Å². The highest BCUT2D eigenvalue weighted by Gasteiger charge is 2.31. The van der Waals surface area contributed by atoms with E-state index in [1.165, 1.54) is 12.1 Å². The zero-order valence-corrected chi connectivity index (χ0v) is 10.2. The molecule has 2 rings (SSSR count). The van der Waals surface area contributed by atoms with E-state index in [9.17, 15) is 18.3 Å². The molecular formula is C13H8ClF3O2. The van der Waals surface area contributed by atoms with Gasteiger partial charge in [-0.2, -0.15) is 13.2 Å². The van der Waals surface area contributed by atoms with Crippen molar-refractivity contribution in [2.45, 2.75) is 6.18 Å². The van der Waals surface area contributed by atoms with Gasteiger partial charge in [-0.05, 0) is 30.3 Å². The second-order valence-corrected chi connectivity index (χ2v) is 4.12. The molecule has 0 atom stereocenters. The monoisotopic (exact) mass is 288 g/mol. The Balaban J connectivity index is 2.30. The van der Waals surface area contributed by atoms with Gasteiger partial charge >= 0.3 is 6.18 Å². The fraction of sp³-hybridized carbons (Fsp3) is 0.0769. The summed E-state index contributed by atoms with van der Waals surface area (Å²) < 4.78 is 42.6. The number of hydrogen-bond donors (Lipinski definition) is 1. The lowest BCUT2D eigenvalue weighted by molar-refractivity contribution is -0.137. The average molecular weight is 289 g/mol. The standard InChI is InChI=1S/C13H8ClF3O2/c14-9-7-8(13(15,16)17)5-6-11(9)19-12-4-2-1-3-10(12)18/h1-7,18H. The van der Waals surface area contributed by atoms with Gasteiger partial charge in [-0.1, -0.05) is 23.7 Å². The van der Waals surface area contributed by atoms with Crippen molar-refractivity contribution < 1.29 is 23.0 Å². The van der Waals surface area contributed by atoms with E-state index in [1.807, 2.05) is 0 Å². The zero-order chi connectivity index (χ0) is 14.0. The Hall–Kier alpha value is -1.88. The molecule has 0 bridgehead atoms. The van der Waals surface area contributed by atoms with Gasteiger partial charge in [0.05, 0.1) is 10.6 Å². The molecule has 0 radical (unpaired) electrons. The molecule has 2 nitrogen and oxygen atoms in total. The molecule has 0 aromatic heterocycles. The third-order valence-electron chi connectivity index (χ3n) is 2.34. The van der Waals surface area contributed by atoms with Crippen LogP contribution in [0.15, 0.2) is 42.5 Å². The Bertz CT molecular complexity index is 597. The molecule has 0 aliphatic heterocycles. The normalized spacial score (nSPS) is 11.4. The molecule has 6 heteroatoms. The molecule has 19 heavy (non-hydrogen) atoms. The quantitative estimate of drug-likeness (QED) is 0.855. The predicted octanol–water partition coefficient (Wildman–Crippen LogP) is 4.86. The molecular weight excluding hydrogens is 281 g/mol. The Morgan fingerprint density at radius 2 is 1.68 bits per heavy atom. The second-order valence-electron chi connectivity index (χ2n) is 3.71. The number of hydrogen-bond acceptors (Lipinski definition) is 2. The number of rotatable bonds is 2. The molecule has 0 aliphatic rings. The van der Waals surface area contributed by atoms with E-state index < -0.39 is 11.7 Å². The lowest BCUT2D eigenvalue weighted by Gasteiger charge is -2.11. The van der Waals surface area contributed by atoms with Crippen molar-refractivity contribution in [2.24, 2.45) is 0 Å². The van der Waals surface area contributed by atoms with Crippen LogP contribution in [-0.2, 0) is 6.18 Å². The van der Waals surface area contributed by atoms with E-state index in [4.69, 9.17) is 16.3 Å². The Morgan fingerprint density at radius 1 is 1.00 bits per heavy atom. The van der Waals surface area contributed by atoms with Crippen LogP contribution in [0, 0.1) is 0 Å². The maximum absolute atomic E-state index is 12.5. The lowest BCUT2D eigenvalue weighted by Crippen LogP contribution is -2.04. The van der Waals surface area contributed by atoms with Crippen LogP contribution in [0.5, 0.6) is 17.2 Å². The van der Waals surface area contributed by atoms with Crippen molar-refractivity contribution in [1.82, 2.24) is 0 Å². The molecule has 100 valence electrons. The summed E-state index contributed by atoms with van der Waals surface area (Å²) in [6, 6.07) is 8.83. The Kier molecular flexibility index (Phi) is 3.57. The topological polar surface area (TPSA) is 29.5 Å². The maximum Gasteiger partial charge on any atom is 0.416 e. The smallest absolute Gasteiger partial charge is 0.416 e. The summed E-state index contributed by atoms with van der Waals surface area (Å²) >= 11 is 5.73. The highest BCUT2D eigenvalue weighted by Crippen LogP contribution is 2.38. The van der Waals surface area contributed by atoms with Crippen LogP contribution < -0.4 is 4.74 Å². The number of halogens is 4. The van der Waals surface area contributed by atoms with E-state index in [1.54, 1.807) is 12.1 Å². The van der Waals surface area contributed by atoms with Gasteiger partial charge in [-0.15, -0.1) is 0 Å². The first kappa shape index (κ1) is 13.5. The van der Waals surface area contributed by atoms with Crippen LogP contribution in [0.4, 0.5) is 13.2 Å². The summed E-state index contributed by atoms with van der Waals surface area (Å²) in [5, 5.41) is 9.32. The number of aromatic hydroxyl groups is 1. The van der Waals surface area contributed by atoms with E-state index in [0.29, 0.717) is 0 Å². The molecule has 0 aliphatic carbocycles. The van der Waals surface area contributed by atoms with Crippen LogP contribution in [0.1, 0.15) is 5.56 Å². The average Bonchev–Trinajstić information content (AvgIpc) is 2.33. The number of alkyl halides is 3. The minimum Gasteiger partial charge on any atom is -0.504 e. The first-order chi connectivity index (χ1) is 8.88. The van der Waals surface area contributed by atoms with E-state index in [2.05, 4.69) is 0 Å². The van der Waals surface area contributed by atoms with Gasteiger partial charge < -0.3 is 9.84 Å². The van der Waals surface area contributed by atoms with Gasteiger partial charge in [0.25, 0.3) is 0 Å². The highest BCUT2D eigenvalue weighted by atomic mass is 35.5. The Labute approximate surface area is 112 Å². The second kappa shape index (κ2) is 5.01. The summed E-state index contributed by atoms with van der Waals surface area (Å²) in [6.45, 7) is 0. The number of ether oxygens (including phenoxy) is 1. The fourth-order valence-corrected chi connectivity index (χ4v) is 1.64. The lowest BCUT2D eigenvalue weighted by atomic mass is 10.2. The van der Waals surface area contributed by atoms with E-state index in [0.717, 1.165) is 18.2 Å². The van der Waals surface area contributed by atoms with Crippen LogP contribution in [0.2, 0.25) is 5.02 Å². The summed E-state index contributed by atoms with van der Waals surface area (Å²) in [6.07, 6.45) is -4.46. The summed E-state index contributed by atoms with van der Waals surface area (Å²) in [4.78, 5) is 0. The molecule has 2 aromatic rings. The maximum atomic E-state index is 12.5. The minimum absolute atomic E-state index is 0.0381. The number of phenols is 1. The van der Waals surface area contributed by atoms with Crippen molar-refractivity contribution in [1.29, 1.82) is 0 Å². The fourth-order valence-electron chi connectivity index (χ4n) is 1.42. The number of phenolic OH excluding ortho intramolecular Hbond substituents is 1. The molecule has 1 N–H and O–H groups in total. The molecule has 0 saturated carbocycles. The zero-order valence-electron chi connectivity index (χ0n) is 9.41. The van der Waals surface area contributed by atoms with Crippen LogP contribution in [0.3, 0.4) is 0 Å². The first-order valence-electron chi connectivity index (χ1n) is 5.20. The summed E-state index contributed by atoms with van der Waals surface area (Å²) in [5.74, 6) is 0.0267. The van der Waals surface area contributed by atoms with Crippen LogP contribution >= 0.6 is 11.6 Å². The minimum atomic E-state index is -4.46. The highest BCUT2D eigenvalue weighted by molar-refractivity contribution is 6.32. The van der Waals surface area contributed by atoms with Crippen molar-refractivity contribution in [2.75, 3.05) is 0 Å². The molecule has 0 amide bonds. The third kappa shape index (κ3) is 3.12. The van der Waals surface area contributed by atoms with Gasteiger partial charge in [0, 0.05) is 0 Å². The van der Waals surface area contributed by atoms with Crippen molar-refractivity contribution in [3.63, 3.8) is 0 Å². The van der Waals surface area contributed by atoms with Gasteiger partial charge in [0.15, 0.2) is 11.5 Å². The predicted molar refractivity (Wildman–Crippen MR) is 64.6 cm³/mol. The first-order valence-corrected chi connectivity index (χ1v) is 5.58. The van der Waals surface area contributed by atoms with Gasteiger partial charge in [0.2, 0.25) is 0 Å². The summed E-state index contributed by atoms with van der Waals surface area (Å²) in [7, 11) is 0. The molecule has 0 spiro atoms. The third-order valence-corrected chi connectivity index (χ3v) is 2.64. The Morgan fingerprint density at radius 3 is 2.26 bits per heavy atom. The molecule has 0 heterocycles. The van der Waals surface area contributed by atoms with Crippen LogP contribution in [-0.4, -0.2) is 5.11 Å². The molecule has 2 aromatic carbocycles. The summed E-state index contributed by atoms with van der Waals surface area (Å²) in [5.41, 5.74) is -0.859. The van der Waals surface area contributed by atoms with E-state index in [-0.39, 0.29) is 22.3 Å². The van der Waals surface area contributed by atoms with Gasteiger partial charge in [-0.25, -0.2) is 0 Å². The molecule has 0 saturated heterocycles. The number of benzene rings is 2.